The number of halogens is 1. The molecule has 0 amide bonds. The van der Waals surface area contributed by atoms with Crippen LogP contribution < -0.4 is 5.73 Å². The van der Waals surface area contributed by atoms with Gasteiger partial charge in [0.15, 0.2) is 9.84 Å². The van der Waals surface area contributed by atoms with Crippen LogP contribution in [-0.2, 0) is 9.84 Å². The van der Waals surface area contributed by atoms with Crippen LogP contribution in [-0.4, -0.2) is 24.8 Å². The van der Waals surface area contributed by atoms with Gasteiger partial charge in [0.25, 0.3) is 0 Å². The molecule has 0 fully saturated rings. The Morgan fingerprint density at radius 1 is 1.32 bits per heavy atom. The molecule has 5 nitrogen and oxygen atoms in total. The Hall–Kier alpha value is -1.79. The maximum Gasteiger partial charge on any atom is 0.177 e. The third-order valence-electron chi connectivity index (χ3n) is 2.55. The predicted molar refractivity (Wildman–Crippen MR) is 73.9 cm³/mol. The summed E-state index contributed by atoms with van der Waals surface area (Å²) >= 11 is 6.03. The summed E-state index contributed by atoms with van der Waals surface area (Å²) in [5, 5.41) is 9.55. The molecule has 1 heterocycles. The predicted octanol–water partition coefficient (Wildman–Crippen LogP) is 2.09. The molecule has 1 aromatic carbocycles. The molecule has 19 heavy (non-hydrogen) atoms. The fourth-order valence-corrected chi connectivity index (χ4v) is 2.45. The van der Waals surface area contributed by atoms with Gasteiger partial charge in [0.1, 0.15) is 5.75 Å². The van der Waals surface area contributed by atoms with Gasteiger partial charge < -0.3 is 10.8 Å². The van der Waals surface area contributed by atoms with Crippen molar-refractivity contribution < 1.29 is 13.5 Å². The second-order valence-electron chi connectivity index (χ2n) is 4.05. The molecular formula is C12H11ClN2O3S. The topological polar surface area (TPSA) is 93.3 Å². The van der Waals surface area contributed by atoms with Crippen LogP contribution in [0.25, 0.3) is 11.3 Å². The molecule has 0 saturated carbocycles. The minimum absolute atomic E-state index is 0.0346. The fraction of sp³-hybridized carbons (Fsp3) is 0.0833. The maximum absolute atomic E-state index is 11.4. The number of pyridine rings is 1. The first-order valence-electron chi connectivity index (χ1n) is 5.23. The van der Waals surface area contributed by atoms with Crippen molar-refractivity contribution >= 4 is 27.1 Å². The third-order valence-corrected chi connectivity index (χ3v) is 3.91. The number of phenolic OH excluding ortho intramolecular Hbond substituents is 1. The zero-order valence-electron chi connectivity index (χ0n) is 9.96. The average molecular weight is 299 g/mol. The molecule has 0 atom stereocenters. The van der Waals surface area contributed by atoms with E-state index in [1.165, 1.54) is 24.4 Å². The molecule has 100 valence electrons. The van der Waals surface area contributed by atoms with Gasteiger partial charge in [-0.15, -0.1) is 0 Å². The number of nitrogen functional groups attached to an aromatic ring is 1. The second-order valence-corrected chi connectivity index (χ2v) is 6.47. The van der Waals surface area contributed by atoms with Crippen LogP contribution in [0.3, 0.4) is 0 Å². The summed E-state index contributed by atoms with van der Waals surface area (Å²) in [5.41, 5.74) is 6.79. The number of nitrogens with zero attached hydrogens (tertiary/aromatic N) is 1. The highest BCUT2D eigenvalue weighted by atomic mass is 35.5. The first-order valence-corrected chi connectivity index (χ1v) is 7.50. The lowest BCUT2D eigenvalue weighted by Gasteiger charge is -2.07. The van der Waals surface area contributed by atoms with E-state index < -0.39 is 9.84 Å². The van der Waals surface area contributed by atoms with Gasteiger partial charge in [0.05, 0.1) is 21.3 Å². The van der Waals surface area contributed by atoms with Crippen LogP contribution in [0.1, 0.15) is 0 Å². The lowest BCUT2D eigenvalue weighted by atomic mass is 10.1. The van der Waals surface area contributed by atoms with Crippen LogP contribution in [0.2, 0.25) is 5.02 Å². The van der Waals surface area contributed by atoms with Gasteiger partial charge in [-0.25, -0.2) is 8.42 Å². The second kappa shape index (κ2) is 4.71. The molecule has 0 saturated heterocycles. The van der Waals surface area contributed by atoms with Crippen molar-refractivity contribution in [3.63, 3.8) is 0 Å². The van der Waals surface area contributed by atoms with E-state index >= 15 is 0 Å². The summed E-state index contributed by atoms with van der Waals surface area (Å²) in [7, 11) is -3.35. The molecule has 2 aromatic rings. The van der Waals surface area contributed by atoms with Crippen molar-refractivity contribution in [1.82, 2.24) is 4.98 Å². The summed E-state index contributed by atoms with van der Waals surface area (Å²) in [4.78, 5) is 4.09. The molecule has 0 aliphatic rings. The monoisotopic (exact) mass is 298 g/mol. The Morgan fingerprint density at radius 2 is 2.00 bits per heavy atom. The Morgan fingerprint density at radius 3 is 2.53 bits per heavy atom. The number of hydrogen-bond acceptors (Lipinski definition) is 5. The van der Waals surface area contributed by atoms with E-state index in [-0.39, 0.29) is 21.4 Å². The smallest absolute Gasteiger partial charge is 0.177 e. The van der Waals surface area contributed by atoms with Crippen LogP contribution in [0.5, 0.6) is 5.75 Å². The van der Waals surface area contributed by atoms with Gasteiger partial charge in [-0.1, -0.05) is 11.6 Å². The molecule has 0 aliphatic heterocycles. The van der Waals surface area contributed by atoms with Crippen molar-refractivity contribution in [3.8, 4) is 17.0 Å². The molecule has 0 aliphatic carbocycles. The highest BCUT2D eigenvalue weighted by Crippen LogP contribution is 2.31. The number of aromatic nitrogens is 1. The first kappa shape index (κ1) is 13.6. The fourth-order valence-electron chi connectivity index (χ4n) is 1.54. The normalized spacial score (nSPS) is 11.5. The quantitative estimate of drug-likeness (QED) is 0.654. The molecule has 3 N–H and O–H groups in total. The van der Waals surface area contributed by atoms with E-state index in [9.17, 15) is 13.5 Å². The minimum Gasteiger partial charge on any atom is -0.506 e. The van der Waals surface area contributed by atoms with Crippen LogP contribution in [0.15, 0.2) is 35.4 Å². The highest BCUT2D eigenvalue weighted by molar-refractivity contribution is 7.90. The van der Waals surface area contributed by atoms with Gasteiger partial charge in [-0.05, 0) is 24.3 Å². The number of rotatable bonds is 2. The molecule has 0 spiro atoms. The summed E-state index contributed by atoms with van der Waals surface area (Å²) in [5.74, 6) is -0.0346. The van der Waals surface area contributed by atoms with Crippen molar-refractivity contribution in [1.29, 1.82) is 0 Å². The SMILES string of the molecule is CS(=O)(=O)c1cnc(-c2ccc(O)c(N)c2)c(Cl)c1. The van der Waals surface area contributed by atoms with Gasteiger partial charge >= 0.3 is 0 Å². The van der Waals surface area contributed by atoms with E-state index in [0.717, 1.165) is 6.26 Å². The maximum atomic E-state index is 11.4. The van der Waals surface area contributed by atoms with Crippen LogP contribution >= 0.6 is 11.6 Å². The molecular weight excluding hydrogens is 288 g/mol. The summed E-state index contributed by atoms with van der Waals surface area (Å²) < 4.78 is 22.8. The summed E-state index contributed by atoms with van der Waals surface area (Å²) in [6, 6.07) is 5.87. The Labute approximate surface area is 115 Å². The molecule has 7 heteroatoms. The molecule has 0 radical (unpaired) electrons. The van der Waals surface area contributed by atoms with Gasteiger partial charge in [0, 0.05) is 18.0 Å². The lowest BCUT2D eigenvalue weighted by molar-refractivity contribution is 0.478. The average Bonchev–Trinajstić information content (AvgIpc) is 2.31. The van der Waals surface area contributed by atoms with E-state index in [2.05, 4.69) is 4.98 Å². The lowest BCUT2D eigenvalue weighted by Crippen LogP contribution is -1.99. The molecule has 1 aromatic heterocycles. The number of benzene rings is 1. The van der Waals surface area contributed by atoms with Crippen molar-refractivity contribution in [2.75, 3.05) is 12.0 Å². The number of nitrogens with two attached hydrogens (primary N) is 1. The minimum atomic E-state index is -3.35. The Bertz CT molecular complexity index is 745. The zero-order chi connectivity index (χ0) is 14.2. The number of sulfone groups is 1. The van der Waals surface area contributed by atoms with Crippen molar-refractivity contribution in [2.24, 2.45) is 0 Å². The number of anilines is 1. The van der Waals surface area contributed by atoms with E-state index in [0.29, 0.717) is 11.3 Å². The van der Waals surface area contributed by atoms with Crippen molar-refractivity contribution in [3.05, 3.63) is 35.5 Å². The summed E-state index contributed by atoms with van der Waals surface area (Å²) in [6.45, 7) is 0. The number of phenols is 1. The summed E-state index contributed by atoms with van der Waals surface area (Å²) in [6.07, 6.45) is 2.32. The third kappa shape index (κ3) is 2.80. The zero-order valence-corrected chi connectivity index (χ0v) is 11.5. The van der Waals surface area contributed by atoms with Crippen molar-refractivity contribution in [2.45, 2.75) is 4.90 Å². The highest BCUT2D eigenvalue weighted by Gasteiger charge is 2.13. The number of hydrogen-bond donors (Lipinski definition) is 2. The van der Waals surface area contributed by atoms with E-state index in [1.54, 1.807) is 6.07 Å². The number of aromatic hydroxyl groups is 1. The van der Waals surface area contributed by atoms with E-state index in [1.807, 2.05) is 0 Å². The van der Waals surface area contributed by atoms with Gasteiger partial charge in [0.2, 0.25) is 0 Å². The van der Waals surface area contributed by atoms with Gasteiger partial charge in [-0.2, -0.15) is 0 Å². The largest absolute Gasteiger partial charge is 0.506 e. The van der Waals surface area contributed by atoms with Crippen LogP contribution in [0, 0.1) is 0 Å². The Kier molecular flexibility index (Phi) is 3.38. The Balaban J connectivity index is 2.55. The molecule has 0 unspecified atom stereocenters. The molecule has 0 bridgehead atoms. The first-order chi connectivity index (χ1) is 8.79. The standard InChI is InChI=1S/C12H11ClN2O3S/c1-19(17,18)8-5-9(13)12(15-6-8)7-2-3-11(16)10(14)4-7/h2-6,16H,14H2,1H3. The van der Waals surface area contributed by atoms with Crippen LogP contribution in [0.4, 0.5) is 5.69 Å². The van der Waals surface area contributed by atoms with E-state index in [4.69, 9.17) is 17.3 Å². The molecule has 2 rings (SSSR count). The van der Waals surface area contributed by atoms with Gasteiger partial charge in [-0.3, -0.25) is 4.98 Å².